The molecule has 0 aliphatic heterocycles. The van der Waals surface area contributed by atoms with Crippen LogP contribution in [0.5, 0.6) is 0 Å². The molecule has 1 aromatic carbocycles. The molecule has 1 rings (SSSR count). The van der Waals surface area contributed by atoms with Crippen LogP contribution in [0.25, 0.3) is 0 Å². The van der Waals surface area contributed by atoms with Crippen LogP contribution in [0.2, 0.25) is 5.02 Å². The highest BCUT2D eigenvalue weighted by atomic mass is 35.5. The Balaban J connectivity index is 2.47. The van der Waals surface area contributed by atoms with Gasteiger partial charge < -0.3 is 5.32 Å². The van der Waals surface area contributed by atoms with Gasteiger partial charge in [-0.15, -0.1) is 0 Å². The van der Waals surface area contributed by atoms with Crippen molar-refractivity contribution < 1.29 is 0 Å². The molecule has 3 N–H and O–H groups in total. The summed E-state index contributed by atoms with van der Waals surface area (Å²) in [6, 6.07) is 7.28. The van der Waals surface area contributed by atoms with Crippen molar-refractivity contribution in [1.82, 2.24) is 10.7 Å². The molecule has 0 unspecified atom stereocenters. The Kier molecular flexibility index (Phi) is 6.10. The molecule has 7 heteroatoms. The average Bonchev–Trinajstić information content (AvgIpc) is 2.36. The van der Waals surface area contributed by atoms with Crippen molar-refractivity contribution >= 4 is 46.5 Å². The summed E-state index contributed by atoms with van der Waals surface area (Å²) in [6.07, 6.45) is 1.58. The summed E-state index contributed by atoms with van der Waals surface area (Å²) < 4.78 is 0. The van der Waals surface area contributed by atoms with Crippen LogP contribution in [0.15, 0.2) is 34.5 Å². The molecular weight excluding hydrogens is 270 g/mol. The maximum atomic E-state index is 5.84. The lowest BCUT2D eigenvalue weighted by molar-refractivity contribution is 0.977. The van der Waals surface area contributed by atoms with Gasteiger partial charge in [-0.25, -0.2) is 0 Å². The van der Waals surface area contributed by atoms with Crippen molar-refractivity contribution in [2.45, 2.75) is 6.92 Å². The molecule has 0 radical (unpaired) electrons. The van der Waals surface area contributed by atoms with Crippen LogP contribution in [0.4, 0.5) is 5.69 Å². The van der Waals surface area contributed by atoms with Gasteiger partial charge in [-0.1, -0.05) is 17.7 Å². The van der Waals surface area contributed by atoms with Crippen LogP contribution in [0.1, 0.15) is 6.92 Å². The topological polar surface area (TPSA) is 60.8 Å². The first-order chi connectivity index (χ1) is 8.61. The maximum Gasteiger partial charge on any atom is 0.186 e. The number of hydrazone groups is 2. The van der Waals surface area contributed by atoms with E-state index in [1.54, 1.807) is 32.3 Å². The van der Waals surface area contributed by atoms with Crippen LogP contribution < -0.4 is 16.2 Å². The smallest absolute Gasteiger partial charge is 0.186 e. The molecule has 0 spiro atoms. The molecule has 0 amide bonds. The fraction of sp³-hybridized carbons (Fsp3) is 0.182. The number of hydrogen-bond donors (Lipinski definition) is 3. The van der Waals surface area contributed by atoms with E-state index < -0.39 is 0 Å². The highest BCUT2D eigenvalue weighted by molar-refractivity contribution is 7.80. The summed E-state index contributed by atoms with van der Waals surface area (Å²) in [5, 5.41) is 11.9. The van der Waals surface area contributed by atoms with Crippen LogP contribution in [-0.4, -0.2) is 24.1 Å². The Morgan fingerprint density at radius 2 is 2.22 bits per heavy atom. The second-order valence-corrected chi connectivity index (χ2v) is 4.17. The number of nitrogens with one attached hydrogen (secondary N) is 3. The van der Waals surface area contributed by atoms with E-state index in [0.29, 0.717) is 15.8 Å². The summed E-state index contributed by atoms with van der Waals surface area (Å²) in [4.78, 5) is 0. The Labute approximate surface area is 116 Å². The molecule has 18 heavy (non-hydrogen) atoms. The minimum Gasteiger partial charge on any atom is -0.364 e. The molecule has 0 bridgehead atoms. The zero-order valence-corrected chi connectivity index (χ0v) is 11.6. The van der Waals surface area contributed by atoms with Gasteiger partial charge in [-0.3, -0.25) is 10.9 Å². The summed E-state index contributed by atoms with van der Waals surface area (Å²) in [5.41, 5.74) is 7.00. The van der Waals surface area contributed by atoms with Gasteiger partial charge in [-0.05, 0) is 37.3 Å². The molecule has 1 aromatic rings. The SMILES string of the molecule is CNC(=S)N/N=C(C)/C=N/Nc1cccc(Cl)c1. The lowest BCUT2D eigenvalue weighted by atomic mass is 10.3. The molecule has 0 atom stereocenters. The van der Waals surface area contributed by atoms with E-state index in [2.05, 4.69) is 26.4 Å². The Bertz CT molecular complexity index is 472. The molecule has 0 heterocycles. The number of benzene rings is 1. The number of anilines is 1. The predicted molar refractivity (Wildman–Crippen MR) is 81.5 cm³/mol. The van der Waals surface area contributed by atoms with E-state index in [-0.39, 0.29) is 0 Å². The first-order valence-electron chi connectivity index (χ1n) is 5.18. The lowest BCUT2D eigenvalue weighted by Crippen LogP contribution is -2.29. The molecular formula is C11H14ClN5S. The third-order valence-corrected chi connectivity index (χ3v) is 2.36. The second-order valence-electron chi connectivity index (χ2n) is 3.32. The Morgan fingerprint density at radius 1 is 1.44 bits per heavy atom. The van der Waals surface area contributed by atoms with Gasteiger partial charge in [0.25, 0.3) is 0 Å². The largest absolute Gasteiger partial charge is 0.364 e. The normalized spacial score (nSPS) is 11.4. The molecule has 0 aromatic heterocycles. The van der Waals surface area contributed by atoms with Crippen molar-refractivity contribution in [3.63, 3.8) is 0 Å². The fourth-order valence-corrected chi connectivity index (χ4v) is 1.22. The summed E-state index contributed by atoms with van der Waals surface area (Å²) in [7, 11) is 1.72. The number of hydrogen-bond acceptors (Lipinski definition) is 4. The monoisotopic (exact) mass is 283 g/mol. The fourth-order valence-electron chi connectivity index (χ4n) is 0.982. The van der Waals surface area contributed by atoms with Gasteiger partial charge in [0.15, 0.2) is 5.11 Å². The number of halogens is 1. The average molecular weight is 284 g/mol. The van der Waals surface area contributed by atoms with Gasteiger partial charge in [0, 0.05) is 12.1 Å². The standard InChI is InChI=1S/C11H14ClN5S/c1-8(15-17-11(18)13-2)7-14-16-10-5-3-4-9(12)6-10/h3-7,16H,1-2H3,(H2,13,17,18)/b14-7+,15-8+. The van der Waals surface area contributed by atoms with Crippen LogP contribution in [-0.2, 0) is 0 Å². The van der Waals surface area contributed by atoms with Crippen molar-refractivity contribution in [3.05, 3.63) is 29.3 Å². The predicted octanol–water partition coefficient (Wildman–Crippen LogP) is 2.21. The van der Waals surface area contributed by atoms with Gasteiger partial charge in [0.1, 0.15) is 0 Å². The van der Waals surface area contributed by atoms with Crippen LogP contribution in [0, 0.1) is 0 Å². The van der Waals surface area contributed by atoms with Crippen molar-refractivity contribution in [2.75, 3.05) is 12.5 Å². The van der Waals surface area contributed by atoms with E-state index in [1.165, 1.54) is 0 Å². The van der Waals surface area contributed by atoms with Crippen molar-refractivity contribution in [1.29, 1.82) is 0 Å². The molecule has 0 aliphatic rings. The molecule has 0 saturated carbocycles. The highest BCUT2D eigenvalue weighted by Gasteiger charge is 1.91. The lowest BCUT2D eigenvalue weighted by Gasteiger charge is -2.01. The molecule has 5 nitrogen and oxygen atoms in total. The van der Waals surface area contributed by atoms with E-state index in [9.17, 15) is 0 Å². The quantitative estimate of drug-likeness (QED) is 0.450. The van der Waals surface area contributed by atoms with Gasteiger partial charge in [0.2, 0.25) is 0 Å². The summed E-state index contributed by atoms with van der Waals surface area (Å²) >= 11 is 10.7. The number of rotatable bonds is 4. The van der Waals surface area contributed by atoms with Crippen LogP contribution >= 0.6 is 23.8 Å². The second kappa shape index (κ2) is 7.62. The minimum atomic E-state index is 0.450. The highest BCUT2D eigenvalue weighted by Crippen LogP contribution is 2.14. The van der Waals surface area contributed by atoms with Gasteiger partial charge >= 0.3 is 0 Å². The number of nitrogens with zero attached hydrogens (tertiary/aromatic N) is 2. The Morgan fingerprint density at radius 3 is 2.89 bits per heavy atom. The molecule has 0 aliphatic carbocycles. The van der Waals surface area contributed by atoms with Crippen LogP contribution in [0.3, 0.4) is 0 Å². The molecule has 96 valence electrons. The summed E-state index contributed by atoms with van der Waals surface area (Å²) in [6.45, 7) is 1.80. The summed E-state index contributed by atoms with van der Waals surface area (Å²) in [5.74, 6) is 0. The zero-order valence-electron chi connectivity index (χ0n) is 10.1. The Hall–Kier alpha value is -1.66. The van der Waals surface area contributed by atoms with Gasteiger partial charge in [0.05, 0.1) is 17.6 Å². The van der Waals surface area contributed by atoms with E-state index in [0.717, 1.165) is 5.69 Å². The third-order valence-electron chi connectivity index (χ3n) is 1.83. The molecule has 0 fully saturated rings. The van der Waals surface area contributed by atoms with E-state index >= 15 is 0 Å². The third kappa shape index (κ3) is 5.60. The van der Waals surface area contributed by atoms with Gasteiger partial charge in [-0.2, -0.15) is 10.2 Å². The van der Waals surface area contributed by atoms with Crippen molar-refractivity contribution in [3.8, 4) is 0 Å². The van der Waals surface area contributed by atoms with E-state index in [4.69, 9.17) is 23.8 Å². The van der Waals surface area contributed by atoms with E-state index in [1.807, 2.05) is 12.1 Å². The number of thiocarbonyl (C=S) groups is 1. The maximum absolute atomic E-state index is 5.84. The molecule has 0 saturated heterocycles. The minimum absolute atomic E-state index is 0.450. The van der Waals surface area contributed by atoms with Crippen molar-refractivity contribution in [2.24, 2.45) is 10.2 Å². The first-order valence-corrected chi connectivity index (χ1v) is 5.97. The zero-order chi connectivity index (χ0) is 13.4. The first kappa shape index (κ1) is 14.4.